The second-order valence-corrected chi connectivity index (χ2v) is 7.91. The van der Waals surface area contributed by atoms with Crippen molar-refractivity contribution < 1.29 is 9.53 Å². The minimum Gasteiger partial charge on any atom is -0.481 e. The Bertz CT molecular complexity index is 643. The summed E-state index contributed by atoms with van der Waals surface area (Å²) in [6, 6.07) is 7.60. The summed E-state index contributed by atoms with van der Waals surface area (Å²) in [5, 5.41) is 11.7. The average molecular weight is 337 g/mol. The smallest absolute Gasteiger partial charge is 0.266 e. The molecule has 1 aromatic heterocycles. The van der Waals surface area contributed by atoms with Crippen LogP contribution in [-0.4, -0.2) is 27.5 Å². The number of amides is 1. The van der Waals surface area contributed by atoms with Gasteiger partial charge in [-0.2, -0.15) is 0 Å². The molecule has 0 aliphatic heterocycles. The number of aromatic nitrogens is 2. The summed E-state index contributed by atoms with van der Waals surface area (Å²) in [5.74, 6) is 0.440. The molecule has 2 rings (SSSR count). The van der Waals surface area contributed by atoms with E-state index in [1.54, 1.807) is 18.7 Å². The van der Waals surface area contributed by atoms with Crippen molar-refractivity contribution in [2.24, 2.45) is 0 Å². The number of aryl methyl sites for hydroxylation is 1. The van der Waals surface area contributed by atoms with Crippen LogP contribution >= 0.6 is 23.1 Å². The summed E-state index contributed by atoms with van der Waals surface area (Å²) in [6.45, 7) is 7.86. The van der Waals surface area contributed by atoms with Crippen molar-refractivity contribution in [2.45, 2.75) is 43.4 Å². The summed E-state index contributed by atoms with van der Waals surface area (Å²) in [5.41, 5.74) is 1.09. The summed E-state index contributed by atoms with van der Waals surface area (Å²) >= 11 is 2.99. The lowest BCUT2D eigenvalue weighted by atomic mass is 10.2. The SMILES string of the molecule is Cc1cccc(O[C@@H](C)C(=O)Nc2nnc(SC(C)C)s2)c1. The highest BCUT2D eigenvalue weighted by Gasteiger charge is 2.17. The molecule has 0 saturated heterocycles. The van der Waals surface area contributed by atoms with E-state index in [4.69, 9.17) is 4.74 Å². The second-order valence-electron chi connectivity index (χ2n) is 5.11. The fraction of sp³-hybridized carbons (Fsp3) is 0.400. The third-order valence-electron chi connectivity index (χ3n) is 2.64. The first-order chi connectivity index (χ1) is 10.4. The molecule has 22 heavy (non-hydrogen) atoms. The van der Waals surface area contributed by atoms with E-state index in [0.29, 0.717) is 16.1 Å². The molecule has 0 aliphatic carbocycles. The van der Waals surface area contributed by atoms with Gasteiger partial charge in [-0.15, -0.1) is 10.2 Å². The van der Waals surface area contributed by atoms with Crippen LogP contribution < -0.4 is 10.1 Å². The van der Waals surface area contributed by atoms with E-state index in [1.807, 2.05) is 31.2 Å². The molecule has 0 saturated carbocycles. The van der Waals surface area contributed by atoms with Crippen molar-refractivity contribution in [1.29, 1.82) is 0 Å². The maximum atomic E-state index is 12.1. The molecule has 2 aromatic rings. The molecule has 1 atom stereocenters. The normalized spacial score (nSPS) is 12.2. The predicted octanol–water partition coefficient (Wildman–Crippen LogP) is 3.75. The largest absolute Gasteiger partial charge is 0.481 e. The number of nitrogens with zero attached hydrogens (tertiary/aromatic N) is 2. The molecular formula is C15H19N3O2S2. The Balaban J connectivity index is 1.92. The number of ether oxygens (including phenoxy) is 1. The second kappa shape index (κ2) is 7.60. The number of hydrogen-bond donors (Lipinski definition) is 1. The van der Waals surface area contributed by atoms with E-state index >= 15 is 0 Å². The molecule has 1 aromatic carbocycles. The standard InChI is InChI=1S/C15H19N3O2S2/c1-9(2)21-15-18-17-14(22-15)16-13(19)11(4)20-12-7-5-6-10(3)8-12/h5-9,11H,1-4H3,(H,16,17,19)/t11-/m0/s1. The molecule has 0 spiro atoms. The lowest BCUT2D eigenvalue weighted by Crippen LogP contribution is -2.30. The third-order valence-corrected chi connectivity index (χ3v) is 4.57. The monoisotopic (exact) mass is 337 g/mol. The minimum atomic E-state index is -0.605. The van der Waals surface area contributed by atoms with Crippen molar-refractivity contribution in [3.8, 4) is 5.75 Å². The maximum Gasteiger partial charge on any atom is 0.266 e. The van der Waals surface area contributed by atoms with Gasteiger partial charge in [-0.1, -0.05) is 49.1 Å². The number of nitrogens with one attached hydrogen (secondary N) is 1. The quantitative estimate of drug-likeness (QED) is 0.642. The summed E-state index contributed by atoms with van der Waals surface area (Å²) in [7, 11) is 0. The number of benzene rings is 1. The van der Waals surface area contributed by atoms with Gasteiger partial charge in [0.2, 0.25) is 5.13 Å². The Hall–Kier alpha value is -1.60. The topological polar surface area (TPSA) is 64.1 Å². The van der Waals surface area contributed by atoms with Gasteiger partial charge in [-0.3, -0.25) is 10.1 Å². The molecule has 0 fully saturated rings. The van der Waals surface area contributed by atoms with Crippen LogP contribution in [0.5, 0.6) is 5.75 Å². The predicted molar refractivity (Wildman–Crippen MR) is 90.8 cm³/mol. The van der Waals surface area contributed by atoms with Crippen LogP contribution in [0.3, 0.4) is 0 Å². The fourth-order valence-corrected chi connectivity index (χ4v) is 3.64. The molecule has 5 nitrogen and oxygen atoms in total. The highest BCUT2D eigenvalue weighted by Crippen LogP contribution is 2.28. The molecule has 0 unspecified atom stereocenters. The van der Waals surface area contributed by atoms with E-state index in [9.17, 15) is 4.79 Å². The van der Waals surface area contributed by atoms with E-state index in [1.165, 1.54) is 11.3 Å². The van der Waals surface area contributed by atoms with Gasteiger partial charge in [0.25, 0.3) is 5.91 Å². The van der Waals surface area contributed by atoms with Gasteiger partial charge in [0, 0.05) is 5.25 Å². The first-order valence-corrected chi connectivity index (χ1v) is 8.68. The van der Waals surface area contributed by atoms with E-state index < -0.39 is 6.10 Å². The Morgan fingerprint density at radius 3 is 2.77 bits per heavy atom. The lowest BCUT2D eigenvalue weighted by Gasteiger charge is -2.13. The first-order valence-electron chi connectivity index (χ1n) is 6.98. The Morgan fingerprint density at radius 1 is 1.32 bits per heavy atom. The van der Waals surface area contributed by atoms with Gasteiger partial charge in [0.1, 0.15) is 5.75 Å². The highest BCUT2D eigenvalue weighted by molar-refractivity contribution is 8.01. The number of rotatable bonds is 6. The number of hydrogen-bond acceptors (Lipinski definition) is 6. The van der Waals surface area contributed by atoms with Gasteiger partial charge in [-0.25, -0.2) is 0 Å². The van der Waals surface area contributed by atoms with Crippen LogP contribution in [-0.2, 0) is 4.79 Å². The molecule has 7 heteroatoms. The van der Waals surface area contributed by atoms with Gasteiger partial charge >= 0.3 is 0 Å². The number of anilines is 1. The molecule has 1 N–H and O–H groups in total. The highest BCUT2D eigenvalue weighted by atomic mass is 32.2. The average Bonchev–Trinajstić information content (AvgIpc) is 2.85. The van der Waals surface area contributed by atoms with Crippen molar-refractivity contribution in [3.05, 3.63) is 29.8 Å². The third kappa shape index (κ3) is 4.99. The van der Waals surface area contributed by atoms with Crippen LogP contribution in [0.25, 0.3) is 0 Å². The van der Waals surface area contributed by atoms with Crippen molar-refractivity contribution >= 4 is 34.1 Å². The molecular weight excluding hydrogens is 318 g/mol. The molecule has 0 aliphatic rings. The molecule has 1 amide bonds. The zero-order valence-electron chi connectivity index (χ0n) is 13.0. The first kappa shape index (κ1) is 16.8. The van der Waals surface area contributed by atoms with Crippen LogP contribution in [0, 0.1) is 6.92 Å². The van der Waals surface area contributed by atoms with Crippen LogP contribution in [0.2, 0.25) is 0 Å². The van der Waals surface area contributed by atoms with E-state index in [0.717, 1.165) is 9.90 Å². The summed E-state index contributed by atoms with van der Waals surface area (Å²) < 4.78 is 6.48. The molecule has 0 bridgehead atoms. The van der Waals surface area contributed by atoms with Gasteiger partial charge in [-0.05, 0) is 31.5 Å². The fourth-order valence-electron chi connectivity index (χ4n) is 1.66. The van der Waals surface area contributed by atoms with Crippen molar-refractivity contribution in [2.75, 3.05) is 5.32 Å². The van der Waals surface area contributed by atoms with Crippen LogP contribution in [0.15, 0.2) is 28.6 Å². The zero-order chi connectivity index (χ0) is 16.1. The van der Waals surface area contributed by atoms with Crippen LogP contribution in [0.1, 0.15) is 26.3 Å². The van der Waals surface area contributed by atoms with E-state index in [-0.39, 0.29) is 5.91 Å². The Kier molecular flexibility index (Phi) is 5.79. The number of thioether (sulfide) groups is 1. The van der Waals surface area contributed by atoms with Gasteiger partial charge in [0.15, 0.2) is 10.4 Å². The molecule has 118 valence electrons. The lowest BCUT2D eigenvalue weighted by molar-refractivity contribution is -0.122. The molecule has 0 radical (unpaired) electrons. The Labute approximate surface area is 138 Å². The summed E-state index contributed by atoms with van der Waals surface area (Å²) in [4.78, 5) is 12.1. The van der Waals surface area contributed by atoms with Crippen LogP contribution in [0.4, 0.5) is 5.13 Å². The number of carbonyl (C=O) groups excluding carboxylic acids is 1. The maximum absolute atomic E-state index is 12.1. The van der Waals surface area contributed by atoms with E-state index in [2.05, 4.69) is 29.4 Å². The number of carbonyl (C=O) groups is 1. The molecule has 1 heterocycles. The van der Waals surface area contributed by atoms with Crippen molar-refractivity contribution in [3.63, 3.8) is 0 Å². The van der Waals surface area contributed by atoms with Gasteiger partial charge < -0.3 is 4.74 Å². The zero-order valence-corrected chi connectivity index (χ0v) is 14.6. The van der Waals surface area contributed by atoms with Crippen molar-refractivity contribution in [1.82, 2.24) is 10.2 Å². The minimum absolute atomic E-state index is 0.237. The van der Waals surface area contributed by atoms with Gasteiger partial charge in [0.05, 0.1) is 0 Å². The Morgan fingerprint density at radius 2 is 2.09 bits per heavy atom. The summed E-state index contributed by atoms with van der Waals surface area (Å²) in [6.07, 6.45) is -0.605.